The number of cyclic esters (lactones) is 1. The zero-order valence-corrected chi connectivity index (χ0v) is 5.49. The molecule has 0 saturated heterocycles. The van der Waals surface area contributed by atoms with Crippen LogP contribution in [0, 0.1) is 0 Å². The molecular formula is C5H7NO4. The van der Waals surface area contributed by atoms with Crippen molar-refractivity contribution >= 4 is 12.1 Å². The highest BCUT2D eigenvalue weighted by molar-refractivity contribution is 5.81. The molecule has 5 heteroatoms. The first-order chi connectivity index (χ1) is 4.83. The van der Waals surface area contributed by atoms with Crippen molar-refractivity contribution in [3.8, 4) is 0 Å². The average Bonchev–Trinajstić information content (AvgIpc) is 1.95. The predicted octanol–water partition coefficient (Wildman–Crippen LogP) is 0.503. The van der Waals surface area contributed by atoms with Gasteiger partial charge in [0.15, 0.2) is 6.61 Å². The van der Waals surface area contributed by atoms with Gasteiger partial charge in [0.05, 0.1) is 6.61 Å². The molecule has 0 radical (unpaired) electrons. The second-order valence-electron chi connectivity index (χ2n) is 1.55. The second-order valence-corrected chi connectivity index (χ2v) is 1.55. The van der Waals surface area contributed by atoms with Crippen molar-refractivity contribution in [3.05, 3.63) is 0 Å². The van der Waals surface area contributed by atoms with Gasteiger partial charge in [-0.3, -0.25) is 4.84 Å². The van der Waals surface area contributed by atoms with E-state index in [1.165, 1.54) is 0 Å². The molecule has 0 aromatic carbocycles. The number of nitrogens with zero attached hydrogens (tertiary/aromatic N) is 1. The number of carbonyl (C=O) groups excluding carboxylic acids is 1. The first-order valence-electron chi connectivity index (χ1n) is 2.86. The molecule has 0 atom stereocenters. The van der Waals surface area contributed by atoms with Gasteiger partial charge in [0.25, 0.3) is 5.90 Å². The molecule has 0 aromatic rings. The molecule has 0 aliphatic carbocycles. The van der Waals surface area contributed by atoms with Crippen LogP contribution in [-0.4, -0.2) is 25.3 Å². The first kappa shape index (κ1) is 6.85. The van der Waals surface area contributed by atoms with E-state index in [2.05, 4.69) is 14.7 Å². The fourth-order valence-electron chi connectivity index (χ4n) is 0.496. The normalized spacial score (nSPS) is 16.9. The summed E-state index contributed by atoms with van der Waals surface area (Å²) in [6.07, 6.45) is -0.788. The largest absolute Gasteiger partial charge is 0.535 e. The Hall–Kier alpha value is -1.26. The molecule has 0 spiro atoms. The third-order valence-electron chi connectivity index (χ3n) is 0.846. The number of hydrogen-bond acceptors (Lipinski definition) is 5. The molecule has 0 saturated carbocycles. The van der Waals surface area contributed by atoms with E-state index in [0.717, 1.165) is 0 Å². The van der Waals surface area contributed by atoms with Crippen molar-refractivity contribution in [1.82, 2.24) is 0 Å². The van der Waals surface area contributed by atoms with E-state index in [-0.39, 0.29) is 6.61 Å². The summed E-state index contributed by atoms with van der Waals surface area (Å²) >= 11 is 0. The Morgan fingerprint density at radius 1 is 1.80 bits per heavy atom. The molecule has 56 valence electrons. The van der Waals surface area contributed by atoms with Crippen LogP contribution in [0.15, 0.2) is 5.16 Å². The van der Waals surface area contributed by atoms with Crippen LogP contribution in [0.3, 0.4) is 0 Å². The minimum Gasteiger partial charge on any atom is -0.476 e. The molecule has 1 aliphatic rings. The number of carbonyl (C=O) groups is 1. The minimum absolute atomic E-state index is 0.0622. The molecule has 0 bridgehead atoms. The van der Waals surface area contributed by atoms with E-state index in [0.29, 0.717) is 12.5 Å². The summed E-state index contributed by atoms with van der Waals surface area (Å²) in [4.78, 5) is 14.4. The third kappa shape index (κ3) is 1.61. The lowest BCUT2D eigenvalue weighted by atomic mass is 10.7. The van der Waals surface area contributed by atoms with Gasteiger partial charge in [-0.2, -0.15) is 0 Å². The van der Waals surface area contributed by atoms with Crippen LogP contribution in [0.5, 0.6) is 0 Å². The van der Waals surface area contributed by atoms with Crippen LogP contribution in [0.1, 0.15) is 6.92 Å². The van der Waals surface area contributed by atoms with Crippen LogP contribution in [0.25, 0.3) is 0 Å². The summed E-state index contributed by atoms with van der Waals surface area (Å²) in [6, 6.07) is 0. The molecule has 1 aliphatic heterocycles. The minimum atomic E-state index is -0.788. The monoisotopic (exact) mass is 145 g/mol. The van der Waals surface area contributed by atoms with Crippen molar-refractivity contribution in [2.24, 2.45) is 5.16 Å². The molecule has 0 unspecified atom stereocenters. The Morgan fingerprint density at radius 3 is 3.10 bits per heavy atom. The number of oxime groups is 1. The molecule has 10 heavy (non-hydrogen) atoms. The third-order valence-corrected chi connectivity index (χ3v) is 0.846. The van der Waals surface area contributed by atoms with Crippen LogP contribution in [0.4, 0.5) is 4.79 Å². The summed E-state index contributed by atoms with van der Waals surface area (Å²) in [6.45, 7) is 2.35. The second kappa shape index (κ2) is 3.05. The summed E-state index contributed by atoms with van der Waals surface area (Å²) in [5.41, 5.74) is 0. The molecule has 0 amide bonds. The van der Waals surface area contributed by atoms with Gasteiger partial charge in [-0.1, -0.05) is 0 Å². The van der Waals surface area contributed by atoms with Gasteiger partial charge in [0.2, 0.25) is 0 Å². The van der Waals surface area contributed by atoms with E-state index in [9.17, 15) is 4.79 Å². The summed E-state index contributed by atoms with van der Waals surface area (Å²) in [5, 5.41) is 3.32. The van der Waals surface area contributed by atoms with Gasteiger partial charge in [-0.05, 0) is 12.1 Å². The van der Waals surface area contributed by atoms with Crippen LogP contribution >= 0.6 is 0 Å². The van der Waals surface area contributed by atoms with Gasteiger partial charge < -0.3 is 9.47 Å². The van der Waals surface area contributed by atoms with Gasteiger partial charge in [0, 0.05) is 0 Å². The van der Waals surface area contributed by atoms with Gasteiger partial charge >= 0.3 is 6.16 Å². The molecule has 5 nitrogen and oxygen atoms in total. The molecule has 1 heterocycles. The van der Waals surface area contributed by atoms with E-state index in [1.807, 2.05) is 0 Å². The highest BCUT2D eigenvalue weighted by Crippen LogP contribution is 1.97. The zero-order valence-electron chi connectivity index (χ0n) is 5.49. The van der Waals surface area contributed by atoms with Crippen molar-refractivity contribution in [2.75, 3.05) is 13.2 Å². The molecule has 0 aromatic heterocycles. The summed E-state index contributed by atoms with van der Waals surface area (Å²) in [5.74, 6) is 0.294. The molecule has 0 fully saturated rings. The quantitative estimate of drug-likeness (QED) is 0.398. The Bertz CT molecular complexity index is 165. The predicted molar refractivity (Wildman–Crippen MR) is 31.5 cm³/mol. The molecule has 0 N–H and O–H groups in total. The lowest BCUT2D eigenvalue weighted by Gasteiger charge is -2.10. The summed E-state index contributed by atoms with van der Waals surface area (Å²) < 4.78 is 9.30. The fraction of sp³-hybridized carbons (Fsp3) is 0.600. The smallest absolute Gasteiger partial charge is 0.476 e. The van der Waals surface area contributed by atoms with E-state index < -0.39 is 6.16 Å². The average molecular weight is 145 g/mol. The highest BCUT2D eigenvalue weighted by Gasteiger charge is 2.14. The SMILES string of the molecule is CCOC1=NOC(=O)OC1. The maximum absolute atomic E-state index is 10.2. The summed E-state index contributed by atoms with van der Waals surface area (Å²) in [7, 11) is 0. The lowest BCUT2D eigenvalue weighted by molar-refractivity contribution is 0.0432. The van der Waals surface area contributed by atoms with Crippen molar-refractivity contribution < 1.29 is 19.1 Å². The van der Waals surface area contributed by atoms with E-state index >= 15 is 0 Å². The number of ether oxygens (including phenoxy) is 2. The number of rotatable bonds is 1. The van der Waals surface area contributed by atoms with Crippen LogP contribution < -0.4 is 0 Å². The van der Waals surface area contributed by atoms with Gasteiger partial charge in [0.1, 0.15) is 0 Å². The first-order valence-corrected chi connectivity index (χ1v) is 2.86. The topological polar surface area (TPSA) is 57.1 Å². The van der Waals surface area contributed by atoms with Gasteiger partial charge in [-0.15, -0.1) is 0 Å². The van der Waals surface area contributed by atoms with Gasteiger partial charge in [-0.25, -0.2) is 4.79 Å². The van der Waals surface area contributed by atoms with Crippen LogP contribution in [-0.2, 0) is 14.3 Å². The highest BCUT2D eigenvalue weighted by atomic mass is 16.8. The Morgan fingerprint density at radius 2 is 2.60 bits per heavy atom. The lowest BCUT2D eigenvalue weighted by Crippen LogP contribution is -2.22. The standard InChI is InChI=1S/C5H7NO4/c1-2-8-4-3-9-5(7)10-6-4/h2-3H2,1H3. The maximum atomic E-state index is 10.2. The van der Waals surface area contributed by atoms with Crippen molar-refractivity contribution in [1.29, 1.82) is 0 Å². The number of hydrogen-bond donors (Lipinski definition) is 0. The van der Waals surface area contributed by atoms with E-state index in [4.69, 9.17) is 4.74 Å². The Labute approximate surface area is 57.5 Å². The van der Waals surface area contributed by atoms with Crippen LogP contribution in [0.2, 0.25) is 0 Å². The maximum Gasteiger partial charge on any atom is 0.535 e. The molecule has 1 rings (SSSR count). The Balaban J connectivity index is 2.40. The van der Waals surface area contributed by atoms with E-state index in [1.54, 1.807) is 6.92 Å². The zero-order chi connectivity index (χ0) is 7.40. The Kier molecular flexibility index (Phi) is 2.09. The van der Waals surface area contributed by atoms with Crippen molar-refractivity contribution in [3.63, 3.8) is 0 Å². The fourth-order valence-corrected chi connectivity index (χ4v) is 0.496. The van der Waals surface area contributed by atoms with Crippen molar-refractivity contribution in [2.45, 2.75) is 6.92 Å². The molecular weight excluding hydrogens is 138 g/mol.